The van der Waals surface area contributed by atoms with Crippen molar-refractivity contribution in [2.75, 3.05) is 12.3 Å². The first-order chi connectivity index (χ1) is 15.5. The van der Waals surface area contributed by atoms with Crippen LogP contribution in [0, 0.1) is 0 Å². The number of thioether (sulfide) groups is 1. The zero-order chi connectivity index (χ0) is 22.6. The molecule has 4 rings (SSSR count). The number of aromatic nitrogens is 1. The summed E-state index contributed by atoms with van der Waals surface area (Å²) in [7, 11) is 0. The van der Waals surface area contributed by atoms with Gasteiger partial charge in [0.15, 0.2) is 0 Å². The summed E-state index contributed by atoms with van der Waals surface area (Å²) in [4.78, 5) is 55.5. The Balaban J connectivity index is 1.21. The highest BCUT2D eigenvalue weighted by molar-refractivity contribution is 8.00. The second-order valence-electron chi connectivity index (χ2n) is 8.00. The average Bonchev–Trinajstić information content (AvgIpc) is 3.03. The highest BCUT2D eigenvalue weighted by Crippen LogP contribution is 2.33. The zero-order valence-corrected chi connectivity index (χ0v) is 18.4. The van der Waals surface area contributed by atoms with Gasteiger partial charge in [-0.2, -0.15) is 0 Å². The van der Waals surface area contributed by atoms with Crippen molar-refractivity contribution in [2.24, 2.45) is 0 Å². The number of benzene rings is 1. The summed E-state index contributed by atoms with van der Waals surface area (Å²) < 4.78 is 0. The molecule has 0 bridgehead atoms. The third-order valence-corrected chi connectivity index (χ3v) is 6.86. The summed E-state index contributed by atoms with van der Waals surface area (Å²) in [6.45, 7) is -0.0233. The Morgan fingerprint density at radius 3 is 2.62 bits per heavy atom. The van der Waals surface area contributed by atoms with Crippen LogP contribution in [0.5, 0.6) is 0 Å². The Morgan fingerprint density at radius 2 is 1.81 bits per heavy atom. The van der Waals surface area contributed by atoms with Gasteiger partial charge < -0.3 is 5.32 Å². The number of nitrogens with zero attached hydrogens (tertiary/aromatic N) is 2. The van der Waals surface area contributed by atoms with Gasteiger partial charge in [0.05, 0.1) is 11.3 Å². The van der Waals surface area contributed by atoms with Crippen LogP contribution in [0.4, 0.5) is 4.79 Å². The van der Waals surface area contributed by atoms with Gasteiger partial charge in [0.2, 0.25) is 11.8 Å². The molecule has 3 N–H and O–H groups in total. The van der Waals surface area contributed by atoms with E-state index >= 15 is 0 Å². The van der Waals surface area contributed by atoms with E-state index in [0.29, 0.717) is 12.8 Å². The SMILES string of the molecule is O=C(CCN1C(=O)NC2(CCCCC2)C1=O)NNC(=O)CSc1cccc2cccnc12. The minimum atomic E-state index is -0.798. The van der Waals surface area contributed by atoms with E-state index in [1.807, 2.05) is 30.3 Å². The second-order valence-corrected chi connectivity index (χ2v) is 9.01. The van der Waals surface area contributed by atoms with Gasteiger partial charge in [-0.1, -0.05) is 37.5 Å². The number of para-hydroxylation sites is 1. The van der Waals surface area contributed by atoms with Crippen LogP contribution >= 0.6 is 11.8 Å². The molecule has 10 heteroatoms. The van der Waals surface area contributed by atoms with E-state index in [-0.39, 0.29) is 30.5 Å². The summed E-state index contributed by atoms with van der Waals surface area (Å²) in [5.74, 6) is -0.988. The van der Waals surface area contributed by atoms with Crippen molar-refractivity contribution in [1.29, 1.82) is 0 Å². The third kappa shape index (κ3) is 4.69. The standard InChI is InChI=1S/C22H25N5O4S/c28-17(9-13-27-20(30)22(24-21(27)31)10-2-1-3-11-22)25-26-18(29)14-32-16-8-4-6-15-7-5-12-23-19(15)16/h4-8,12H,1-3,9-11,13-14H2,(H,24,31)(H,25,28)(H,26,29). The molecule has 1 aliphatic heterocycles. The fraction of sp³-hybridized carbons (Fsp3) is 0.409. The Kier molecular flexibility index (Phi) is 6.59. The number of nitrogens with one attached hydrogen (secondary N) is 3. The predicted octanol–water partition coefficient (Wildman–Crippen LogP) is 2.12. The lowest BCUT2D eigenvalue weighted by Crippen LogP contribution is -2.48. The number of fused-ring (bicyclic) bond motifs is 1. The first kappa shape index (κ1) is 22.1. The molecule has 1 aliphatic carbocycles. The summed E-state index contributed by atoms with van der Waals surface area (Å²) in [5.41, 5.74) is 4.74. The van der Waals surface area contributed by atoms with Crippen LogP contribution in [0.2, 0.25) is 0 Å². The maximum Gasteiger partial charge on any atom is 0.325 e. The molecule has 0 radical (unpaired) electrons. The predicted molar refractivity (Wildman–Crippen MR) is 119 cm³/mol. The Morgan fingerprint density at radius 1 is 1.06 bits per heavy atom. The van der Waals surface area contributed by atoms with Crippen molar-refractivity contribution in [3.05, 3.63) is 36.5 Å². The fourth-order valence-electron chi connectivity index (χ4n) is 4.16. The number of carbonyl (C=O) groups excluding carboxylic acids is 4. The number of pyridine rings is 1. The highest BCUT2D eigenvalue weighted by atomic mass is 32.2. The van der Waals surface area contributed by atoms with Gasteiger partial charge in [-0.05, 0) is 25.0 Å². The maximum absolute atomic E-state index is 12.7. The molecule has 0 atom stereocenters. The normalized spacial score (nSPS) is 17.4. The minimum absolute atomic E-state index is 0.0233. The molecule has 1 aromatic carbocycles. The lowest BCUT2D eigenvalue weighted by Gasteiger charge is -2.30. The largest absolute Gasteiger partial charge is 0.325 e. The smallest absolute Gasteiger partial charge is 0.323 e. The highest BCUT2D eigenvalue weighted by Gasteiger charge is 2.51. The number of hydrogen-bond acceptors (Lipinski definition) is 6. The second kappa shape index (κ2) is 9.56. The molecule has 2 aliphatic rings. The van der Waals surface area contributed by atoms with Crippen LogP contribution in [0.25, 0.3) is 10.9 Å². The number of imide groups is 1. The first-order valence-electron chi connectivity index (χ1n) is 10.7. The lowest BCUT2D eigenvalue weighted by atomic mass is 9.82. The number of rotatable bonds is 6. The van der Waals surface area contributed by atoms with Gasteiger partial charge in [-0.15, -0.1) is 11.8 Å². The van der Waals surface area contributed by atoms with Crippen molar-refractivity contribution in [3.63, 3.8) is 0 Å². The topological polar surface area (TPSA) is 121 Å². The molecular weight excluding hydrogens is 430 g/mol. The van der Waals surface area contributed by atoms with E-state index in [0.717, 1.165) is 40.0 Å². The lowest BCUT2D eigenvalue weighted by molar-refractivity contribution is -0.133. The summed E-state index contributed by atoms with van der Waals surface area (Å²) in [6, 6.07) is 9.10. The first-order valence-corrected chi connectivity index (χ1v) is 11.7. The molecule has 2 fully saturated rings. The monoisotopic (exact) mass is 455 g/mol. The fourth-order valence-corrected chi connectivity index (χ4v) is 5.00. The number of hydrogen-bond donors (Lipinski definition) is 3. The van der Waals surface area contributed by atoms with E-state index < -0.39 is 17.5 Å². The molecule has 168 valence electrons. The molecular formula is C22H25N5O4S. The quantitative estimate of drug-likeness (QED) is 0.349. The molecule has 9 nitrogen and oxygen atoms in total. The van der Waals surface area contributed by atoms with Crippen LogP contribution in [-0.4, -0.2) is 51.5 Å². The molecule has 1 aromatic heterocycles. The van der Waals surface area contributed by atoms with E-state index in [1.165, 1.54) is 11.8 Å². The van der Waals surface area contributed by atoms with Crippen LogP contribution in [0.15, 0.2) is 41.4 Å². The molecule has 1 saturated carbocycles. The van der Waals surface area contributed by atoms with Crippen LogP contribution in [0.3, 0.4) is 0 Å². The van der Waals surface area contributed by atoms with E-state index in [4.69, 9.17) is 0 Å². The minimum Gasteiger partial charge on any atom is -0.323 e. The number of amides is 5. The van der Waals surface area contributed by atoms with Gasteiger partial charge in [-0.25, -0.2) is 4.79 Å². The van der Waals surface area contributed by atoms with Gasteiger partial charge >= 0.3 is 6.03 Å². The van der Waals surface area contributed by atoms with Gasteiger partial charge in [0.25, 0.3) is 5.91 Å². The Bertz CT molecular complexity index is 1050. The molecule has 32 heavy (non-hydrogen) atoms. The molecule has 5 amide bonds. The van der Waals surface area contributed by atoms with Gasteiger partial charge in [0.1, 0.15) is 5.54 Å². The van der Waals surface area contributed by atoms with Crippen molar-refractivity contribution in [3.8, 4) is 0 Å². The molecule has 1 saturated heterocycles. The maximum atomic E-state index is 12.7. The van der Waals surface area contributed by atoms with E-state index in [9.17, 15) is 19.2 Å². The number of urea groups is 1. The van der Waals surface area contributed by atoms with Crippen LogP contribution in [0.1, 0.15) is 38.5 Å². The molecule has 2 heterocycles. The molecule has 0 unspecified atom stereocenters. The zero-order valence-electron chi connectivity index (χ0n) is 17.6. The van der Waals surface area contributed by atoms with Crippen LogP contribution in [-0.2, 0) is 14.4 Å². The summed E-state index contributed by atoms with van der Waals surface area (Å²) in [5, 5.41) is 3.80. The summed E-state index contributed by atoms with van der Waals surface area (Å²) >= 11 is 1.32. The van der Waals surface area contributed by atoms with Crippen LogP contribution < -0.4 is 16.2 Å². The van der Waals surface area contributed by atoms with E-state index in [2.05, 4.69) is 21.2 Å². The average molecular weight is 456 g/mol. The van der Waals surface area contributed by atoms with Crippen molar-refractivity contribution >= 4 is 46.4 Å². The van der Waals surface area contributed by atoms with Crippen molar-refractivity contribution < 1.29 is 19.2 Å². The van der Waals surface area contributed by atoms with Gasteiger partial charge in [0, 0.05) is 29.4 Å². The summed E-state index contributed by atoms with van der Waals surface area (Å²) in [6.07, 6.45) is 5.76. The van der Waals surface area contributed by atoms with Gasteiger partial charge in [-0.3, -0.25) is 35.1 Å². The third-order valence-electron chi connectivity index (χ3n) is 5.81. The van der Waals surface area contributed by atoms with E-state index in [1.54, 1.807) is 6.20 Å². The molecule has 1 spiro atoms. The number of carbonyl (C=O) groups is 4. The van der Waals surface area contributed by atoms with Crippen molar-refractivity contribution in [1.82, 2.24) is 26.1 Å². The Hall–Kier alpha value is -3.14. The Labute approximate surface area is 189 Å². The molecule has 2 aromatic rings. The number of hydrazine groups is 1. The van der Waals surface area contributed by atoms with Crippen molar-refractivity contribution in [2.45, 2.75) is 49.0 Å².